The number of fused-ring (bicyclic) bond motifs is 1. The lowest BCUT2D eigenvalue weighted by Crippen LogP contribution is -2.30. The van der Waals surface area contributed by atoms with Gasteiger partial charge in [0.15, 0.2) is 0 Å². The molecule has 0 spiro atoms. The minimum absolute atomic E-state index is 0.0304. The number of benzene rings is 2. The normalized spacial score (nSPS) is 16.7. The van der Waals surface area contributed by atoms with E-state index in [0.29, 0.717) is 30.2 Å². The molecule has 1 aliphatic heterocycles. The van der Waals surface area contributed by atoms with E-state index in [1.54, 1.807) is 4.90 Å². The maximum Gasteiger partial charge on any atom is 0.229 e. The first kappa shape index (κ1) is 18.5. The van der Waals surface area contributed by atoms with Crippen LogP contribution in [-0.2, 0) is 16.0 Å². The summed E-state index contributed by atoms with van der Waals surface area (Å²) in [6.45, 7) is 0.924. The van der Waals surface area contributed by atoms with Crippen LogP contribution in [0.25, 0.3) is 10.9 Å². The fraction of sp³-hybridized carbons (Fsp3) is 0.238. The first-order valence-corrected chi connectivity index (χ1v) is 9.47. The molecule has 0 bridgehead atoms. The van der Waals surface area contributed by atoms with Crippen LogP contribution in [0.15, 0.2) is 48.7 Å². The van der Waals surface area contributed by atoms with Gasteiger partial charge in [-0.1, -0.05) is 11.6 Å². The van der Waals surface area contributed by atoms with Crippen LogP contribution in [0.5, 0.6) is 0 Å². The molecule has 5 nitrogen and oxygen atoms in total. The molecule has 1 fully saturated rings. The largest absolute Gasteiger partial charge is 0.361 e. The SMILES string of the molecule is O=C(Nc1ccc(F)cc1)C1CC(=O)N(CCc2c[nH]c3ccc(Cl)cc23)C1. The molecule has 28 heavy (non-hydrogen) atoms. The Bertz CT molecular complexity index is 1030. The zero-order valence-electron chi connectivity index (χ0n) is 15.0. The van der Waals surface area contributed by atoms with Crippen LogP contribution in [0.4, 0.5) is 10.1 Å². The summed E-state index contributed by atoms with van der Waals surface area (Å²) in [5, 5.41) is 4.46. The minimum Gasteiger partial charge on any atom is -0.361 e. The van der Waals surface area contributed by atoms with Crippen LogP contribution in [0.1, 0.15) is 12.0 Å². The van der Waals surface area contributed by atoms with Crippen LogP contribution < -0.4 is 5.32 Å². The number of likely N-dealkylation sites (tertiary alicyclic amines) is 1. The van der Waals surface area contributed by atoms with Gasteiger partial charge in [-0.15, -0.1) is 0 Å². The lowest BCUT2D eigenvalue weighted by atomic mass is 10.1. The number of anilines is 1. The Morgan fingerprint density at radius 2 is 2.04 bits per heavy atom. The summed E-state index contributed by atoms with van der Waals surface area (Å²) in [7, 11) is 0. The molecule has 2 heterocycles. The van der Waals surface area contributed by atoms with E-state index in [1.165, 1.54) is 24.3 Å². The number of aromatic nitrogens is 1. The van der Waals surface area contributed by atoms with Crippen LogP contribution in [0.3, 0.4) is 0 Å². The molecule has 1 aromatic heterocycles. The number of aromatic amines is 1. The number of halogens is 2. The van der Waals surface area contributed by atoms with Gasteiger partial charge in [0.05, 0.1) is 5.92 Å². The minimum atomic E-state index is -0.407. The van der Waals surface area contributed by atoms with Gasteiger partial charge in [-0.05, 0) is 54.4 Å². The van der Waals surface area contributed by atoms with Crippen molar-refractivity contribution in [3.8, 4) is 0 Å². The molecule has 1 saturated heterocycles. The van der Waals surface area contributed by atoms with Crippen LogP contribution in [0.2, 0.25) is 5.02 Å². The second kappa shape index (κ2) is 7.64. The van der Waals surface area contributed by atoms with Gasteiger partial charge in [-0.3, -0.25) is 9.59 Å². The first-order chi connectivity index (χ1) is 13.5. The highest BCUT2D eigenvalue weighted by molar-refractivity contribution is 6.31. The van der Waals surface area contributed by atoms with Gasteiger partial charge in [-0.2, -0.15) is 0 Å². The zero-order chi connectivity index (χ0) is 19.7. The summed E-state index contributed by atoms with van der Waals surface area (Å²) in [6, 6.07) is 11.3. The zero-order valence-corrected chi connectivity index (χ0v) is 15.8. The topological polar surface area (TPSA) is 65.2 Å². The van der Waals surface area contributed by atoms with E-state index in [-0.39, 0.29) is 24.1 Å². The lowest BCUT2D eigenvalue weighted by molar-refractivity contribution is -0.128. The van der Waals surface area contributed by atoms with Gasteiger partial charge >= 0.3 is 0 Å². The molecule has 3 aromatic rings. The third-order valence-electron chi connectivity index (χ3n) is 5.08. The molecule has 1 atom stereocenters. The summed E-state index contributed by atoms with van der Waals surface area (Å²) < 4.78 is 13.0. The molecule has 1 unspecified atom stereocenters. The van der Waals surface area contributed by atoms with Crippen molar-refractivity contribution < 1.29 is 14.0 Å². The van der Waals surface area contributed by atoms with Crippen LogP contribution in [-0.4, -0.2) is 34.8 Å². The summed E-state index contributed by atoms with van der Waals surface area (Å²) in [6.07, 6.45) is 2.80. The Balaban J connectivity index is 1.37. The number of hydrogen-bond donors (Lipinski definition) is 2. The molecule has 2 aromatic carbocycles. The maximum absolute atomic E-state index is 13.0. The van der Waals surface area contributed by atoms with Crippen molar-refractivity contribution >= 4 is 40.0 Å². The molecule has 0 aliphatic carbocycles. The van der Waals surface area contributed by atoms with E-state index < -0.39 is 5.92 Å². The molecular weight excluding hydrogens is 381 g/mol. The van der Waals surface area contributed by atoms with Crippen LogP contribution >= 0.6 is 11.6 Å². The quantitative estimate of drug-likeness (QED) is 0.681. The molecule has 7 heteroatoms. The number of amides is 2. The molecule has 1 aliphatic rings. The summed E-state index contributed by atoms with van der Waals surface area (Å²) in [5.41, 5.74) is 2.61. The Labute approximate surface area is 166 Å². The molecule has 0 saturated carbocycles. The Hall–Kier alpha value is -2.86. The number of carbonyl (C=O) groups excluding carboxylic acids is 2. The Morgan fingerprint density at radius 3 is 2.82 bits per heavy atom. The Morgan fingerprint density at radius 1 is 1.25 bits per heavy atom. The average molecular weight is 400 g/mol. The van der Waals surface area contributed by atoms with Crippen molar-refractivity contribution in [3.63, 3.8) is 0 Å². The fourth-order valence-corrected chi connectivity index (χ4v) is 3.73. The monoisotopic (exact) mass is 399 g/mol. The van der Waals surface area contributed by atoms with Crippen molar-refractivity contribution in [1.82, 2.24) is 9.88 Å². The predicted octanol–water partition coefficient (Wildman–Crippen LogP) is 3.99. The van der Waals surface area contributed by atoms with Crippen molar-refractivity contribution in [2.75, 3.05) is 18.4 Å². The van der Waals surface area contributed by atoms with E-state index >= 15 is 0 Å². The average Bonchev–Trinajstić information content (AvgIpc) is 3.25. The summed E-state index contributed by atoms with van der Waals surface area (Å²) >= 11 is 6.08. The van der Waals surface area contributed by atoms with Gasteiger partial charge in [0.1, 0.15) is 5.82 Å². The number of hydrogen-bond acceptors (Lipinski definition) is 2. The number of H-pyrrole nitrogens is 1. The summed E-state index contributed by atoms with van der Waals surface area (Å²) in [5.74, 6) is -1.02. The van der Waals surface area contributed by atoms with Gasteiger partial charge in [0.2, 0.25) is 11.8 Å². The fourth-order valence-electron chi connectivity index (χ4n) is 3.55. The summed E-state index contributed by atoms with van der Waals surface area (Å²) in [4.78, 5) is 29.7. The molecular formula is C21H19ClFN3O2. The van der Waals surface area contributed by atoms with Crippen molar-refractivity contribution in [2.45, 2.75) is 12.8 Å². The van der Waals surface area contributed by atoms with Gasteiger partial charge in [0, 0.05) is 47.3 Å². The van der Waals surface area contributed by atoms with E-state index in [0.717, 1.165) is 16.5 Å². The van der Waals surface area contributed by atoms with Crippen molar-refractivity contribution in [3.05, 3.63) is 65.1 Å². The second-order valence-corrected chi connectivity index (χ2v) is 7.43. The highest BCUT2D eigenvalue weighted by Gasteiger charge is 2.34. The number of nitrogens with zero attached hydrogens (tertiary/aromatic N) is 1. The first-order valence-electron chi connectivity index (χ1n) is 9.09. The van der Waals surface area contributed by atoms with E-state index in [9.17, 15) is 14.0 Å². The second-order valence-electron chi connectivity index (χ2n) is 6.99. The molecule has 144 valence electrons. The number of nitrogens with one attached hydrogen (secondary N) is 2. The van der Waals surface area contributed by atoms with Gasteiger partial charge in [0.25, 0.3) is 0 Å². The van der Waals surface area contributed by atoms with Gasteiger partial charge < -0.3 is 15.2 Å². The molecule has 2 N–H and O–H groups in total. The molecule has 4 rings (SSSR count). The third kappa shape index (κ3) is 3.87. The smallest absolute Gasteiger partial charge is 0.229 e. The number of carbonyl (C=O) groups is 2. The third-order valence-corrected chi connectivity index (χ3v) is 5.31. The van der Waals surface area contributed by atoms with Crippen molar-refractivity contribution in [1.29, 1.82) is 0 Å². The molecule has 0 radical (unpaired) electrons. The standard InChI is InChI=1S/C21H19ClFN3O2/c22-15-1-6-19-18(10-15)13(11-24-19)7-8-26-12-14(9-20(26)27)21(28)25-17-4-2-16(23)3-5-17/h1-6,10-11,14,24H,7-9,12H2,(H,25,28). The van der Waals surface area contributed by atoms with Crippen molar-refractivity contribution in [2.24, 2.45) is 5.92 Å². The predicted molar refractivity (Wildman–Crippen MR) is 107 cm³/mol. The van der Waals surface area contributed by atoms with E-state index in [1.807, 2.05) is 24.4 Å². The highest BCUT2D eigenvalue weighted by Crippen LogP contribution is 2.25. The van der Waals surface area contributed by atoms with E-state index in [4.69, 9.17) is 11.6 Å². The molecule has 2 amide bonds. The highest BCUT2D eigenvalue weighted by atomic mass is 35.5. The van der Waals surface area contributed by atoms with E-state index in [2.05, 4.69) is 10.3 Å². The van der Waals surface area contributed by atoms with Gasteiger partial charge in [-0.25, -0.2) is 4.39 Å². The maximum atomic E-state index is 13.0. The lowest BCUT2D eigenvalue weighted by Gasteiger charge is -2.16. The van der Waals surface area contributed by atoms with Crippen LogP contribution in [0, 0.1) is 11.7 Å². The number of rotatable bonds is 5. The Kier molecular flexibility index (Phi) is 5.05.